The van der Waals surface area contributed by atoms with Crippen LogP contribution in [0.2, 0.25) is 0 Å². The van der Waals surface area contributed by atoms with E-state index in [2.05, 4.69) is 129 Å². The molecule has 8 nitrogen and oxygen atoms in total. The maximum Gasteiger partial charge on any atom is 0.472 e. The number of phosphoric acid groups is 1. The molecule has 468 valence electrons. The summed E-state index contributed by atoms with van der Waals surface area (Å²) in [5.41, 5.74) is 0. The van der Waals surface area contributed by atoms with Gasteiger partial charge in [-0.25, -0.2) is 4.57 Å². The van der Waals surface area contributed by atoms with Crippen molar-refractivity contribution >= 4 is 13.7 Å². The van der Waals surface area contributed by atoms with E-state index < -0.39 is 20.0 Å². The van der Waals surface area contributed by atoms with Crippen molar-refractivity contribution in [2.24, 2.45) is 0 Å². The second-order valence-corrected chi connectivity index (χ2v) is 25.3. The molecule has 0 aliphatic rings. The van der Waals surface area contributed by atoms with E-state index in [9.17, 15) is 19.4 Å². The van der Waals surface area contributed by atoms with Crippen LogP contribution in [0.15, 0.2) is 109 Å². The van der Waals surface area contributed by atoms with Crippen LogP contribution in [0, 0.1) is 0 Å². The Balaban J connectivity index is 4.07. The van der Waals surface area contributed by atoms with Crippen molar-refractivity contribution in [1.29, 1.82) is 0 Å². The Morgan fingerprint density at radius 2 is 0.741 bits per heavy atom. The molecule has 9 heteroatoms. The van der Waals surface area contributed by atoms with Crippen molar-refractivity contribution in [3.05, 3.63) is 109 Å². The molecule has 0 saturated carbocycles. The van der Waals surface area contributed by atoms with Gasteiger partial charge in [0, 0.05) is 6.42 Å². The number of allylic oxidation sites excluding steroid dienone is 18. The quantitative estimate of drug-likeness (QED) is 0.0243. The average molecular weight is 1150 g/mol. The first-order valence-corrected chi connectivity index (χ1v) is 35.2. The van der Waals surface area contributed by atoms with Crippen LogP contribution in [-0.4, -0.2) is 73.4 Å². The summed E-state index contributed by atoms with van der Waals surface area (Å²) >= 11 is 0. The zero-order valence-corrected chi connectivity index (χ0v) is 54.4. The van der Waals surface area contributed by atoms with Crippen LogP contribution in [0.3, 0.4) is 0 Å². The standard InChI is InChI=1S/C72H129N2O6P/c1-6-8-10-12-14-16-18-20-22-24-26-28-29-30-31-32-33-34-35-36-37-38-39-40-41-42-43-44-45-46-48-50-52-54-56-58-60-62-64-66-72(76)73-70(69-80-81(77,78)79-68-67-74(3,4)5)71(75)65-63-61-59-57-55-53-51-49-47-27-25-23-21-19-17-15-13-11-9-7-2/h8,10,14,16,20,22,26,28,30-31,33-34,36-37,39-40,42-43,70-71,75H,6-7,9,11-13,15,17-19,21,23-25,27,29,32,35,38,41,44-69H2,1-5H3,(H-,73,76,77,78)/p+1/b10-8-,16-14-,22-20-,28-26-,31-30-,34-33-,37-36-,40-39-,43-42-. The molecule has 0 rings (SSSR count). The lowest BCUT2D eigenvalue weighted by Gasteiger charge is -2.26. The molecule has 0 bridgehead atoms. The number of aliphatic hydroxyl groups excluding tert-OH is 1. The Bertz CT molecular complexity index is 1690. The molecule has 3 N–H and O–H groups in total. The van der Waals surface area contributed by atoms with E-state index in [4.69, 9.17) is 9.05 Å². The second kappa shape index (κ2) is 61.7. The Morgan fingerprint density at radius 3 is 1.09 bits per heavy atom. The molecule has 3 unspecified atom stereocenters. The maximum atomic E-state index is 13.1. The molecular formula is C72H130N2O6P+. The number of hydrogen-bond acceptors (Lipinski definition) is 5. The summed E-state index contributed by atoms with van der Waals surface area (Å²) in [7, 11) is 1.61. The Kier molecular flexibility index (Phi) is 59.5. The number of phosphoric ester groups is 1. The lowest BCUT2D eigenvalue weighted by atomic mass is 10.0. The fraction of sp³-hybridized carbons (Fsp3) is 0.736. The van der Waals surface area contributed by atoms with Gasteiger partial charge in [-0.15, -0.1) is 0 Å². The molecule has 0 aromatic heterocycles. The highest BCUT2D eigenvalue weighted by Gasteiger charge is 2.28. The minimum absolute atomic E-state index is 0.0705. The van der Waals surface area contributed by atoms with E-state index >= 15 is 0 Å². The van der Waals surface area contributed by atoms with Crippen LogP contribution < -0.4 is 5.32 Å². The van der Waals surface area contributed by atoms with Gasteiger partial charge in [0.1, 0.15) is 13.2 Å². The zero-order valence-electron chi connectivity index (χ0n) is 53.5. The summed E-state index contributed by atoms with van der Waals surface area (Å²) in [4.78, 5) is 23.4. The Morgan fingerprint density at radius 1 is 0.432 bits per heavy atom. The molecule has 0 spiro atoms. The number of rotatable bonds is 61. The van der Waals surface area contributed by atoms with Crippen molar-refractivity contribution in [3.8, 4) is 0 Å². The molecule has 0 aliphatic carbocycles. The molecule has 0 aromatic rings. The summed E-state index contributed by atoms with van der Waals surface area (Å²) in [6.45, 7) is 4.79. The highest BCUT2D eigenvalue weighted by molar-refractivity contribution is 7.47. The monoisotopic (exact) mass is 1150 g/mol. The minimum Gasteiger partial charge on any atom is -0.391 e. The highest BCUT2D eigenvalue weighted by Crippen LogP contribution is 2.43. The first-order valence-electron chi connectivity index (χ1n) is 33.8. The van der Waals surface area contributed by atoms with Crippen molar-refractivity contribution in [2.75, 3.05) is 40.9 Å². The predicted molar refractivity (Wildman–Crippen MR) is 355 cm³/mol. The first-order chi connectivity index (χ1) is 39.5. The fourth-order valence-corrected chi connectivity index (χ4v) is 10.3. The predicted octanol–water partition coefficient (Wildman–Crippen LogP) is 21.5. The van der Waals surface area contributed by atoms with Gasteiger partial charge >= 0.3 is 7.82 Å². The van der Waals surface area contributed by atoms with Gasteiger partial charge in [-0.3, -0.25) is 13.8 Å². The molecule has 0 saturated heterocycles. The van der Waals surface area contributed by atoms with Crippen LogP contribution in [0.1, 0.15) is 290 Å². The molecule has 0 radical (unpaired) electrons. The summed E-state index contributed by atoms with van der Waals surface area (Å²) in [6, 6.07) is -0.770. The third kappa shape index (κ3) is 64.6. The van der Waals surface area contributed by atoms with Crippen molar-refractivity contribution in [1.82, 2.24) is 5.32 Å². The van der Waals surface area contributed by atoms with Gasteiger partial charge in [0.05, 0.1) is 39.9 Å². The average Bonchev–Trinajstić information content (AvgIpc) is 3.43. The van der Waals surface area contributed by atoms with E-state index in [-0.39, 0.29) is 19.1 Å². The summed E-state index contributed by atoms with van der Waals surface area (Å²) in [5, 5.41) is 14.1. The Hall–Kier alpha value is -2.84. The molecule has 0 aromatic carbocycles. The maximum absolute atomic E-state index is 13.1. The van der Waals surface area contributed by atoms with Crippen LogP contribution >= 0.6 is 7.82 Å². The van der Waals surface area contributed by atoms with E-state index in [1.807, 2.05) is 21.1 Å². The number of quaternary nitrogens is 1. The number of unbranched alkanes of at least 4 members (excludes halogenated alkanes) is 30. The third-order valence-electron chi connectivity index (χ3n) is 14.8. The fourth-order valence-electron chi connectivity index (χ4n) is 9.57. The molecule has 0 fully saturated rings. The smallest absolute Gasteiger partial charge is 0.391 e. The molecule has 81 heavy (non-hydrogen) atoms. The first kappa shape index (κ1) is 78.2. The van der Waals surface area contributed by atoms with Gasteiger partial charge in [0.2, 0.25) is 5.91 Å². The lowest BCUT2D eigenvalue weighted by molar-refractivity contribution is -0.870. The topological polar surface area (TPSA) is 105 Å². The van der Waals surface area contributed by atoms with Crippen molar-refractivity contribution in [3.63, 3.8) is 0 Å². The van der Waals surface area contributed by atoms with Gasteiger partial charge in [-0.05, 0) is 83.5 Å². The van der Waals surface area contributed by atoms with Gasteiger partial charge < -0.3 is 19.8 Å². The van der Waals surface area contributed by atoms with E-state index in [0.29, 0.717) is 23.9 Å². The number of likely N-dealkylation sites (N-methyl/N-ethyl adjacent to an activating group) is 1. The van der Waals surface area contributed by atoms with E-state index in [1.54, 1.807) is 0 Å². The zero-order chi connectivity index (χ0) is 59.1. The third-order valence-corrected chi connectivity index (χ3v) is 15.8. The summed E-state index contributed by atoms with van der Waals surface area (Å²) in [5.74, 6) is -0.149. The largest absolute Gasteiger partial charge is 0.472 e. The number of carbonyl (C=O) groups is 1. The van der Waals surface area contributed by atoms with E-state index in [0.717, 1.165) is 96.3 Å². The SMILES string of the molecule is CC/C=C\C/C=C\C/C=C\C/C=C\C/C=C\C/C=C\C/C=C\C/C=C\C/C=C\CCCCCCCCCCCCCC(=O)NC(COP(=O)(O)OCC[N+](C)(C)C)C(O)CCCCCCCCCCCCCCCCCCCCCC. The van der Waals surface area contributed by atoms with Gasteiger partial charge in [-0.2, -0.15) is 0 Å². The molecular weight excluding hydrogens is 1020 g/mol. The normalized spacial score (nSPS) is 14.4. The Labute approximate surface area is 501 Å². The number of aliphatic hydroxyl groups is 1. The molecule has 0 aliphatic heterocycles. The number of nitrogens with one attached hydrogen (secondary N) is 1. The number of carbonyl (C=O) groups excluding carboxylic acids is 1. The van der Waals surface area contributed by atoms with Crippen LogP contribution in [0.25, 0.3) is 0 Å². The highest BCUT2D eigenvalue weighted by atomic mass is 31.2. The van der Waals surface area contributed by atoms with Crippen LogP contribution in [-0.2, 0) is 18.4 Å². The second-order valence-electron chi connectivity index (χ2n) is 23.8. The number of hydrogen-bond donors (Lipinski definition) is 3. The molecule has 0 heterocycles. The van der Waals surface area contributed by atoms with Gasteiger partial charge in [-0.1, -0.05) is 309 Å². The lowest BCUT2D eigenvalue weighted by Crippen LogP contribution is -2.46. The number of amides is 1. The summed E-state index contributed by atoms with van der Waals surface area (Å²) < 4.78 is 23.9. The van der Waals surface area contributed by atoms with Gasteiger partial charge in [0.25, 0.3) is 0 Å². The number of nitrogens with zero attached hydrogens (tertiary/aromatic N) is 1. The molecule has 3 atom stereocenters. The molecule has 1 amide bonds. The van der Waals surface area contributed by atoms with Crippen molar-refractivity contribution < 1.29 is 32.9 Å². The van der Waals surface area contributed by atoms with Crippen molar-refractivity contribution in [2.45, 2.75) is 302 Å². The van der Waals surface area contributed by atoms with Crippen LogP contribution in [0.4, 0.5) is 0 Å². The van der Waals surface area contributed by atoms with Gasteiger partial charge in [0.15, 0.2) is 0 Å². The van der Waals surface area contributed by atoms with E-state index in [1.165, 1.54) is 167 Å². The van der Waals surface area contributed by atoms with Crippen LogP contribution in [0.5, 0.6) is 0 Å². The minimum atomic E-state index is -4.33. The summed E-state index contributed by atoms with van der Waals surface area (Å²) in [6.07, 6.45) is 90.3.